The van der Waals surface area contributed by atoms with Crippen LogP contribution in [0.25, 0.3) is 171 Å². The molecule has 0 radical (unpaired) electrons. The maximum Gasteiger partial charge on any atom is 0.0788 e. The van der Waals surface area contributed by atoms with Crippen LogP contribution in [-0.2, 0) is 6.42 Å². The lowest BCUT2D eigenvalue weighted by Gasteiger charge is -2.15. The molecule has 0 spiro atoms. The first-order chi connectivity index (χ1) is 51.5. The van der Waals surface area contributed by atoms with E-state index in [1.165, 1.54) is 148 Å². The van der Waals surface area contributed by atoms with Crippen molar-refractivity contribution >= 4 is 141 Å². The molecule has 0 atom stereocenters. The summed E-state index contributed by atoms with van der Waals surface area (Å²) in [5.74, 6) is 0. The number of fused-ring (bicyclic) bond motifs is 21. The van der Waals surface area contributed by atoms with Gasteiger partial charge in [0.05, 0.1) is 55.2 Å². The van der Waals surface area contributed by atoms with Crippen LogP contribution in [0.1, 0.15) is 11.1 Å². The molecule has 0 N–H and O–H groups in total. The second-order valence-electron chi connectivity index (χ2n) is 26.9. The van der Waals surface area contributed by atoms with E-state index in [0.717, 1.165) is 49.2 Å². The minimum absolute atomic E-state index is 1.01. The molecule has 5 heterocycles. The predicted octanol–water partition coefficient (Wildman–Crippen LogP) is 27.0. The summed E-state index contributed by atoms with van der Waals surface area (Å²) in [4.78, 5) is 0. The first-order valence-electron chi connectivity index (χ1n) is 35.4. The molecule has 104 heavy (non-hydrogen) atoms. The zero-order valence-electron chi connectivity index (χ0n) is 56.4. The normalized spacial score (nSPS) is 11.9. The largest absolute Gasteiger partial charge is 0.309 e. The van der Waals surface area contributed by atoms with E-state index in [9.17, 15) is 0 Å². The van der Waals surface area contributed by atoms with Gasteiger partial charge in [0.2, 0.25) is 0 Å². The standard InChI is InChI=1S/C60H38N4.C25H17N.C12H8Br2/c1-3-19-41(20-4-1)61-53-29-11-7-25-45(53)49-33-35-51-47-27-9-13-31-55(47)63(59(51)57(49)61)43-23-15-17-39(37-43)40-18-16-24-44(38-40)64-56-32-14-10-28-48(56)52-36-34-50-46-26-8-12-30-54(46)62(58(50)60(52)64)42-21-5-2-6-22-42;1-2-9-18(10-3-1)26-24-13-7-6-12-21(24)22-15-14-20-19-11-5-4-8-17(19)16-23(20)25(22)26;13-11-5-1-3-9(7-11)10-4-2-6-12(14)8-10/h1-38H;1-15H,16H2;1-8H. The molecule has 21 aromatic rings. The molecule has 16 aromatic carbocycles. The number of para-hydroxylation sites is 8. The van der Waals surface area contributed by atoms with Crippen molar-refractivity contribution in [2.75, 3.05) is 0 Å². The van der Waals surface area contributed by atoms with E-state index in [1.807, 2.05) is 24.3 Å². The number of hydrogen-bond acceptors (Lipinski definition) is 0. The molecular weight excluding hydrogens is 1390 g/mol. The van der Waals surface area contributed by atoms with E-state index in [0.29, 0.717) is 0 Å². The summed E-state index contributed by atoms with van der Waals surface area (Å²) in [7, 11) is 0. The highest BCUT2D eigenvalue weighted by Crippen LogP contribution is 2.47. The fourth-order valence-corrected chi connectivity index (χ4v) is 17.5. The summed E-state index contributed by atoms with van der Waals surface area (Å²) in [6, 6.07) is 134. The fourth-order valence-electron chi connectivity index (χ4n) is 16.7. The number of nitrogens with zero attached hydrogens (tertiary/aromatic N) is 5. The third-order valence-corrected chi connectivity index (χ3v) is 22.1. The number of benzene rings is 16. The molecule has 0 saturated heterocycles. The van der Waals surface area contributed by atoms with Gasteiger partial charge in [-0.1, -0.05) is 287 Å². The van der Waals surface area contributed by atoms with Crippen LogP contribution in [0.2, 0.25) is 0 Å². The summed E-state index contributed by atoms with van der Waals surface area (Å²) >= 11 is 6.93. The van der Waals surface area contributed by atoms with Gasteiger partial charge in [-0.2, -0.15) is 0 Å². The third kappa shape index (κ3) is 10.0. The first-order valence-corrected chi connectivity index (χ1v) is 37.0. The highest BCUT2D eigenvalue weighted by atomic mass is 79.9. The van der Waals surface area contributed by atoms with E-state index >= 15 is 0 Å². The highest BCUT2D eigenvalue weighted by molar-refractivity contribution is 9.10. The Hall–Kier alpha value is -12.5. The van der Waals surface area contributed by atoms with E-state index in [1.54, 1.807) is 0 Å². The summed E-state index contributed by atoms with van der Waals surface area (Å²) in [6.45, 7) is 0. The average molecular weight is 1460 g/mol. The highest BCUT2D eigenvalue weighted by Gasteiger charge is 2.27. The lowest BCUT2D eigenvalue weighted by molar-refractivity contribution is 1.15. The van der Waals surface area contributed by atoms with Gasteiger partial charge in [-0.3, -0.25) is 0 Å². The molecule has 1 aliphatic rings. The van der Waals surface area contributed by atoms with Gasteiger partial charge in [0.25, 0.3) is 0 Å². The van der Waals surface area contributed by atoms with Gasteiger partial charge in [0.15, 0.2) is 0 Å². The van der Waals surface area contributed by atoms with Crippen molar-refractivity contribution in [3.05, 3.63) is 390 Å². The maximum absolute atomic E-state index is 3.47. The molecule has 0 unspecified atom stereocenters. The van der Waals surface area contributed by atoms with Gasteiger partial charge < -0.3 is 22.8 Å². The summed E-state index contributed by atoms with van der Waals surface area (Å²) < 4.78 is 14.5. The number of halogens is 2. The molecule has 0 bridgehead atoms. The minimum Gasteiger partial charge on any atom is -0.309 e. The van der Waals surface area contributed by atoms with E-state index in [4.69, 9.17) is 0 Å². The second kappa shape index (κ2) is 25.2. The molecule has 5 nitrogen and oxygen atoms in total. The van der Waals surface area contributed by atoms with Gasteiger partial charge in [0, 0.05) is 97.7 Å². The number of aromatic nitrogens is 5. The average Bonchev–Trinajstić information content (AvgIpc) is 1.53. The van der Waals surface area contributed by atoms with Crippen molar-refractivity contribution in [2.24, 2.45) is 0 Å². The van der Waals surface area contributed by atoms with Crippen LogP contribution in [0.3, 0.4) is 0 Å². The van der Waals surface area contributed by atoms with Crippen LogP contribution in [0, 0.1) is 0 Å². The molecule has 1 aliphatic carbocycles. The smallest absolute Gasteiger partial charge is 0.0788 e. The Labute approximate surface area is 617 Å². The molecule has 0 fully saturated rings. The van der Waals surface area contributed by atoms with Crippen LogP contribution < -0.4 is 0 Å². The van der Waals surface area contributed by atoms with Crippen LogP contribution in [-0.4, -0.2) is 22.8 Å². The van der Waals surface area contributed by atoms with Crippen LogP contribution in [0.4, 0.5) is 0 Å². The molecule has 0 saturated carbocycles. The fraction of sp³-hybridized carbons (Fsp3) is 0.0103. The Morgan fingerprint density at radius 2 is 0.471 bits per heavy atom. The number of rotatable bonds is 7. The maximum atomic E-state index is 3.47. The monoisotopic (exact) mass is 1460 g/mol. The van der Waals surface area contributed by atoms with Gasteiger partial charge in [0.1, 0.15) is 0 Å². The van der Waals surface area contributed by atoms with Gasteiger partial charge >= 0.3 is 0 Å². The van der Waals surface area contributed by atoms with Crippen molar-refractivity contribution in [1.29, 1.82) is 0 Å². The third-order valence-electron chi connectivity index (χ3n) is 21.1. The van der Waals surface area contributed by atoms with Gasteiger partial charge in [-0.05, 0) is 160 Å². The lowest BCUT2D eigenvalue weighted by Crippen LogP contribution is -1.99. The Kier molecular flexibility index (Phi) is 14.9. The van der Waals surface area contributed by atoms with Crippen molar-refractivity contribution in [1.82, 2.24) is 22.8 Å². The van der Waals surface area contributed by atoms with Crippen molar-refractivity contribution in [3.8, 4) is 61.8 Å². The van der Waals surface area contributed by atoms with Crippen LogP contribution >= 0.6 is 31.9 Å². The molecule has 22 rings (SSSR count). The Morgan fingerprint density at radius 3 is 0.846 bits per heavy atom. The lowest BCUT2D eigenvalue weighted by atomic mass is 10.0. The predicted molar refractivity (Wildman–Crippen MR) is 446 cm³/mol. The zero-order valence-corrected chi connectivity index (χ0v) is 59.6. The van der Waals surface area contributed by atoms with Crippen LogP contribution in [0.5, 0.6) is 0 Å². The Morgan fingerprint density at radius 1 is 0.192 bits per heavy atom. The first kappa shape index (κ1) is 61.4. The van der Waals surface area contributed by atoms with E-state index in [-0.39, 0.29) is 0 Å². The quantitative estimate of drug-likeness (QED) is 0.152. The van der Waals surface area contributed by atoms with E-state index < -0.39 is 0 Å². The molecule has 0 amide bonds. The van der Waals surface area contributed by atoms with Crippen LogP contribution in [0.15, 0.2) is 379 Å². The SMILES string of the molecule is Brc1cccc(-c2cccc(Br)c2)c1.c1ccc(-n2c3ccccc3c3ccc4c(c32)Cc2ccccc2-4)cc1.c1ccc(-n2c3ccccc3c3ccc4c5ccccc5n(-c5cccc(-c6cccc(-n7c8ccccc8c8ccc9c%10ccccc%10n(-c%10ccccc%10)c9c87)c6)c5)c4c32)cc1. The summed E-state index contributed by atoms with van der Waals surface area (Å²) in [5, 5.41) is 12.6. The zero-order chi connectivity index (χ0) is 68.9. The van der Waals surface area contributed by atoms with Crippen molar-refractivity contribution in [2.45, 2.75) is 6.42 Å². The molecule has 7 heteroatoms. The number of hydrogen-bond donors (Lipinski definition) is 0. The Balaban J connectivity index is 0.000000146. The summed E-state index contributed by atoms with van der Waals surface area (Å²) in [6.07, 6.45) is 1.01. The minimum atomic E-state index is 1.01. The Bertz CT molecular complexity index is 6650. The topological polar surface area (TPSA) is 24.6 Å². The van der Waals surface area contributed by atoms with E-state index in [2.05, 4.69) is 400 Å². The molecule has 0 aliphatic heterocycles. The second-order valence-corrected chi connectivity index (χ2v) is 28.8. The van der Waals surface area contributed by atoms with Gasteiger partial charge in [-0.25, -0.2) is 0 Å². The molecule has 5 aromatic heterocycles. The molecular formula is C97H63Br2N5. The van der Waals surface area contributed by atoms with Crippen molar-refractivity contribution < 1.29 is 0 Å². The van der Waals surface area contributed by atoms with Gasteiger partial charge in [-0.15, -0.1) is 0 Å². The van der Waals surface area contributed by atoms with Crippen molar-refractivity contribution in [3.63, 3.8) is 0 Å². The molecule has 490 valence electrons. The summed E-state index contributed by atoms with van der Waals surface area (Å²) in [5.41, 5.74) is 28.4.